The Morgan fingerprint density at radius 2 is 2.67 bits per heavy atom. The zero-order chi connectivity index (χ0) is 6.85. The highest BCUT2D eigenvalue weighted by Gasteiger charge is 2.17. The summed E-state index contributed by atoms with van der Waals surface area (Å²) in [5, 5.41) is 8.39. The van der Waals surface area contributed by atoms with Gasteiger partial charge in [0.15, 0.2) is 0 Å². The molecule has 1 rings (SSSR count). The van der Waals surface area contributed by atoms with Crippen molar-refractivity contribution in [3.8, 4) is 0 Å². The Morgan fingerprint density at radius 3 is 2.89 bits per heavy atom. The summed E-state index contributed by atoms with van der Waals surface area (Å²) in [6.45, 7) is 0. The first-order valence-corrected chi connectivity index (χ1v) is 3.52. The summed E-state index contributed by atoms with van der Waals surface area (Å²) < 4.78 is 0. The minimum Gasteiger partial charge on any atom is -0.477 e. The number of hydrogen-bond donors (Lipinski definition) is 2. The molecule has 0 radical (unpaired) electrons. The average Bonchev–Trinajstić information content (AvgIpc) is 2.14. The molecule has 50 valence electrons. The fraction of sp³-hybridized carbons (Fsp3) is 0.400. The summed E-state index contributed by atoms with van der Waals surface area (Å²) in [5.41, 5.74) is 5.40. The first-order valence-electron chi connectivity index (χ1n) is 2.53. The van der Waals surface area contributed by atoms with E-state index in [9.17, 15) is 4.79 Å². The van der Waals surface area contributed by atoms with Crippen molar-refractivity contribution in [2.45, 2.75) is 6.04 Å². The SMILES string of the molecule is N[C@H]1C=C(C(=O)O)SC1. The van der Waals surface area contributed by atoms with Gasteiger partial charge >= 0.3 is 5.97 Å². The van der Waals surface area contributed by atoms with Crippen molar-refractivity contribution in [2.24, 2.45) is 5.73 Å². The van der Waals surface area contributed by atoms with E-state index in [0.717, 1.165) is 0 Å². The molecule has 4 heteroatoms. The number of carboxylic acid groups (broad SMARTS) is 1. The molecule has 0 amide bonds. The van der Waals surface area contributed by atoms with Crippen LogP contribution in [0, 0.1) is 0 Å². The summed E-state index contributed by atoms with van der Waals surface area (Å²) in [7, 11) is 0. The highest BCUT2D eigenvalue weighted by molar-refractivity contribution is 8.04. The molecule has 3 nitrogen and oxygen atoms in total. The van der Waals surface area contributed by atoms with E-state index < -0.39 is 5.97 Å². The second-order valence-electron chi connectivity index (χ2n) is 1.81. The minimum absolute atomic E-state index is 0.0684. The van der Waals surface area contributed by atoms with Crippen molar-refractivity contribution in [1.82, 2.24) is 0 Å². The number of aliphatic carboxylic acids is 1. The molecule has 0 aliphatic carbocycles. The van der Waals surface area contributed by atoms with Gasteiger partial charge in [-0.1, -0.05) is 0 Å². The fourth-order valence-electron chi connectivity index (χ4n) is 0.610. The van der Waals surface area contributed by atoms with Gasteiger partial charge in [-0.3, -0.25) is 0 Å². The van der Waals surface area contributed by atoms with Crippen LogP contribution >= 0.6 is 11.8 Å². The fourth-order valence-corrected chi connectivity index (χ4v) is 1.47. The largest absolute Gasteiger partial charge is 0.477 e. The van der Waals surface area contributed by atoms with Gasteiger partial charge in [-0.05, 0) is 6.08 Å². The second-order valence-corrected chi connectivity index (χ2v) is 2.87. The van der Waals surface area contributed by atoms with E-state index in [4.69, 9.17) is 10.8 Å². The lowest BCUT2D eigenvalue weighted by atomic mass is 10.3. The molecule has 1 heterocycles. The lowest BCUT2D eigenvalue weighted by molar-refractivity contribution is -0.131. The average molecular weight is 145 g/mol. The van der Waals surface area contributed by atoms with Gasteiger partial charge in [0.25, 0.3) is 0 Å². The third-order valence-corrected chi connectivity index (χ3v) is 2.18. The predicted molar refractivity (Wildman–Crippen MR) is 36.2 cm³/mol. The summed E-state index contributed by atoms with van der Waals surface area (Å²) in [5.74, 6) is -0.172. The lowest BCUT2D eigenvalue weighted by Gasteiger charge is -1.89. The van der Waals surface area contributed by atoms with Crippen LogP contribution in [0.1, 0.15) is 0 Å². The van der Waals surface area contributed by atoms with Gasteiger partial charge in [0.1, 0.15) is 0 Å². The van der Waals surface area contributed by atoms with E-state index in [0.29, 0.717) is 10.7 Å². The molecular formula is C5H7NO2S. The monoisotopic (exact) mass is 145 g/mol. The van der Waals surface area contributed by atoms with E-state index in [2.05, 4.69) is 0 Å². The molecule has 0 fully saturated rings. The van der Waals surface area contributed by atoms with Crippen LogP contribution in [0.5, 0.6) is 0 Å². The Balaban J connectivity index is 2.62. The Labute approximate surface area is 56.9 Å². The molecule has 1 atom stereocenters. The van der Waals surface area contributed by atoms with Crippen LogP contribution in [-0.4, -0.2) is 22.9 Å². The predicted octanol–water partition coefficient (Wildman–Crippen LogP) is 0.0290. The van der Waals surface area contributed by atoms with E-state index in [1.807, 2.05) is 0 Å². The van der Waals surface area contributed by atoms with Crippen molar-refractivity contribution in [3.05, 3.63) is 11.0 Å². The van der Waals surface area contributed by atoms with Gasteiger partial charge in [-0.15, -0.1) is 11.8 Å². The number of nitrogens with two attached hydrogens (primary N) is 1. The Hall–Kier alpha value is -0.480. The molecule has 0 saturated carbocycles. The first-order chi connectivity index (χ1) is 4.20. The number of carbonyl (C=O) groups is 1. The maximum Gasteiger partial charge on any atom is 0.341 e. The van der Waals surface area contributed by atoms with E-state index >= 15 is 0 Å². The summed E-state index contributed by atoms with van der Waals surface area (Å²) in [4.78, 5) is 10.6. The number of carboxylic acids is 1. The lowest BCUT2D eigenvalue weighted by Crippen LogP contribution is -2.15. The van der Waals surface area contributed by atoms with Crippen molar-refractivity contribution in [2.75, 3.05) is 5.75 Å². The highest BCUT2D eigenvalue weighted by atomic mass is 32.2. The third kappa shape index (κ3) is 1.46. The standard InChI is InChI=1S/C5H7NO2S/c6-3-1-4(5(7)8)9-2-3/h1,3H,2,6H2,(H,7,8)/t3-/m0/s1. The molecule has 0 spiro atoms. The van der Waals surface area contributed by atoms with Crippen molar-refractivity contribution < 1.29 is 9.90 Å². The molecule has 0 aromatic rings. The molecule has 0 aromatic carbocycles. The number of hydrogen-bond acceptors (Lipinski definition) is 3. The third-order valence-electron chi connectivity index (χ3n) is 1.01. The van der Waals surface area contributed by atoms with Crippen LogP contribution in [0.2, 0.25) is 0 Å². The van der Waals surface area contributed by atoms with Crippen LogP contribution in [0.3, 0.4) is 0 Å². The number of thioether (sulfide) groups is 1. The van der Waals surface area contributed by atoms with Gasteiger partial charge in [0.2, 0.25) is 0 Å². The highest BCUT2D eigenvalue weighted by Crippen LogP contribution is 2.23. The summed E-state index contributed by atoms with van der Waals surface area (Å²) in [6.07, 6.45) is 1.58. The Kier molecular flexibility index (Phi) is 1.78. The van der Waals surface area contributed by atoms with Crippen molar-refractivity contribution in [3.63, 3.8) is 0 Å². The Bertz CT molecular complexity index is 166. The molecule has 1 aliphatic heterocycles. The van der Waals surface area contributed by atoms with Gasteiger partial charge in [-0.2, -0.15) is 0 Å². The second kappa shape index (κ2) is 2.41. The normalized spacial score (nSPS) is 25.9. The first kappa shape index (κ1) is 6.64. The van der Waals surface area contributed by atoms with Crippen LogP contribution in [-0.2, 0) is 4.79 Å². The van der Waals surface area contributed by atoms with Crippen LogP contribution in [0.15, 0.2) is 11.0 Å². The maximum absolute atomic E-state index is 10.2. The van der Waals surface area contributed by atoms with E-state index in [1.54, 1.807) is 6.08 Å². The minimum atomic E-state index is -0.868. The van der Waals surface area contributed by atoms with Crippen LogP contribution < -0.4 is 5.73 Å². The van der Waals surface area contributed by atoms with Gasteiger partial charge in [-0.25, -0.2) is 4.79 Å². The Morgan fingerprint density at radius 1 is 2.00 bits per heavy atom. The summed E-state index contributed by atoms with van der Waals surface area (Å²) in [6, 6.07) is -0.0684. The van der Waals surface area contributed by atoms with E-state index in [1.165, 1.54) is 11.8 Å². The number of rotatable bonds is 1. The molecular weight excluding hydrogens is 138 g/mol. The topological polar surface area (TPSA) is 63.3 Å². The molecule has 0 bridgehead atoms. The van der Waals surface area contributed by atoms with Gasteiger partial charge < -0.3 is 10.8 Å². The van der Waals surface area contributed by atoms with Crippen molar-refractivity contribution in [1.29, 1.82) is 0 Å². The smallest absolute Gasteiger partial charge is 0.341 e. The maximum atomic E-state index is 10.2. The van der Waals surface area contributed by atoms with Crippen molar-refractivity contribution >= 4 is 17.7 Å². The zero-order valence-corrected chi connectivity index (χ0v) is 5.52. The molecule has 3 N–H and O–H groups in total. The van der Waals surface area contributed by atoms with Crippen LogP contribution in [0.4, 0.5) is 0 Å². The molecule has 0 saturated heterocycles. The van der Waals surface area contributed by atoms with Crippen LogP contribution in [0.25, 0.3) is 0 Å². The van der Waals surface area contributed by atoms with Gasteiger partial charge in [0.05, 0.1) is 4.91 Å². The summed E-state index contributed by atoms with van der Waals surface area (Å²) >= 11 is 1.30. The van der Waals surface area contributed by atoms with E-state index in [-0.39, 0.29) is 6.04 Å². The molecule has 1 aliphatic rings. The zero-order valence-electron chi connectivity index (χ0n) is 4.70. The van der Waals surface area contributed by atoms with Gasteiger partial charge in [0, 0.05) is 11.8 Å². The molecule has 0 aromatic heterocycles. The molecule has 0 unspecified atom stereocenters. The quantitative estimate of drug-likeness (QED) is 0.546. The molecule has 9 heavy (non-hydrogen) atoms.